The van der Waals surface area contributed by atoms with Crippen LogP contribution in [0.3, 0.4) is 0 Å². The first-order chi connectivity index (χ1) is 6.75. The lowest BCUT2D eigenvalue weighted by Crippen LogP contribution is -1.95. The van der Waals surface area contributed by atoms with E-state index in [2.05, 4.69) is 15.0 Å². The molecule has 2 rings (SSSR count). The molecule has 2 N–H and O–H groups in total. The topological polar surface area (TPSA) is 64.7 Å². The Labute approximate surface area is 79.7 Å². The minimum Gasteiger partial charge on any atom is -0.368 e. The van der Waals surface area contributed by atoms with E-state index in [1.807, 2.05) is 0 Å². The highest BCUT2D eigenvalue weighted by Gasteiger charge is 2.01. The zero-order chi connectivity index (χ0) is 9.97. The van der Waals surface area contributed by atoms with Crippen molar-refractivity contribution >= 4 is 5.95 Å². The number of rotatable bonds is 1. The van der Waals surface area contributed by atoms with Gasteiger partial charge in [-0.15, -0.1) is 0 Å². The Morgan fingerprint density at radius 2 is 1.93 bits per heavy atom. The van der Waals surface area contributed by atoms with Gasteiger partial charge in [-0.2, -0.15) is 4.39 Å². The molecule has 0 spiro atoms. The summed E-state index contributed by atoms with van der Waals surface area (Å²) in [5.41, 5.74) is 6.62. The van der Waals surface area contributed by atoms with E-state index in [4.69, 9.17) is 5.73 Å². The summed E-state index contributed by atoms with van der Waals surface area (Å²) in [6, 6.07) is 4.61. The van der Waals surface area contributed by atoms with Gasteiger partial charge in [0.1, 0.15) is 0 Å². The predicted molar refractivity (Wildman–Crippen MR) is 49.6 cm³/mol. The van der Waals surface area contributed by atoms with Crippen LogP contribution in [0.2, 0.25) is 0 Å². The van der Waals surface area contributed by atoms with Crippen molar-refractivity contribution in [3.05, 3.63) is 36.5 Å². The fourth-order valence-electron chi connectivity index (χ4n) is 1.10. The molecule has 0 fully saturated rings. The molecule has 14 heavy (non-hydrogen) atoms. The van der Waals surface area contributed by atoms with Gasteiger partial charge in [0.15, 0.2) is 0 Å². The molecule has 0 amide bonds. The number of nitrogens with two attached hydrogens (primary N) is 1. The van der Waals surface area contributed by atoms with Crippen molar-refractivity contribution in [1.82, 2.24) is 15.0 Å². The molecule has 0 unspecified atom stereocenters. The molecule has 0 aromatic carbocycles. The van der Waals surface area contributed by atoms with Gasteiger partial charge in [-0.3, -0.25) is 0 Å². The van der Waals surface area contributed by atoms with Gasteiger partial charge in [0.2, 0.25) is 11.9 Å². The van der Waals surface area contributed by atoms with Crippen LogP contribution in [0.5, 0.6) is 0 Å². The summed E-state index contributed by atoms with van der Waals surface area (Å²) < 4.78 is 12.8. The molecule has 0 atom stereocenters. The van der Waals surface area contributed by atoms with Crippen molar-refractivity contribution in [3.8, 4) is 11.3 Å². The summed E-state index contributed by atoms with van der Waals surface area (Å²) >= 11 is 0. The van der Waals surface area contributed by atoms with Crippen LogP contribution < -0.4 is 5.73 Å². The normalized spacial score (nSPS) is 10.1. The summed E-state index contributed by atoms with van der Waals surface area (Å²) in [5, 5.41) is 0. The van der Waals surface area contributed by atoms with Crippen LogP contribution in [-0.4, -0.2) is 15.0 Å². The van der Waals surface area contributed by atoms with Crippen molar-refractivity contribution in [2.45, 2.75) is 0 Å². The molecule has 0 aliphatic rings. The van der Waals surface area contributed by atoms with Gasteiger partial charge in [-0.05, 0) is 12.1 Å². The Hall–Kier alpha value is -2.04. The molecule has 0 saturated carbocycles. The zero-order valence-corrected chi connectivity index (χ0v) is 7.18. The summed E-state index contributed by atoms with van der Waals surface area (Å²) in [6.45, 7) is 0. The smallest absolute Gasteiger partial charge is 0.220 e. The van der Waals surface area contributed by atoms with Crippen molar-refractivity contribution < 1.29 is 4.39 Å². The van der Waals surface area contributed by atoms with Gasteiger partial charge in [-0.25, -0.2) is 15.0 Å². The molecular weight excluding hydrogens is 183 g/mol. The van der Waals surface area contributed by atoms with Crippen LogP contribution in [0.15, 0.2) is 30.6 Å². The van der Waals surface area contributed by atoms with E-state index in [9.17, 15) is 4.39 Å². The average molecular weight is 190 g/mol. The van der Waals surface area contributed by atoms with Crippen LogP contribution in [0.1, 0.15) is 0 Å². The third kappa shape index (κ3) is 1.66. The molecule has 0 aliphatic carbocycles. The molecule has 2 aromatic heterocycles. The second-order valence-corrected chi connectivity index (χ2v) is 2.67. The van der Waals surface area contributed by atoms with E-state index >= 15 is 0 Å². The molecule has 2 aromatic rings. The Balaban J connectivity index is 2.49. The number of anilines is 1. The van der Waals surface area contributed by atoms with E-state index in [-0.39, 0.29) is 5.95 Å². The second-order valence-electron chi connectivity index (χ2n) is 2.67. The van der Waals surface area contributed by atoms with Gasteiger partial charge >= 0.3 is 0 Å². The molecule has 5 heteroatoms. The first kappa shape index (κ1) is 8.55. The van der Waals surface area contributed by atoms with Crippen LogP contribution in [0.25, 0.3) is 11.3 Å². The standard InChI is InChI=1S/C9H7FN4/c10-8-5-6(1-3-12-8)7-2-4-13-9(11)14-7/h1-5H,(H2,11,13,14). The van der Waals surface area contributed by atoms with Crippen LogP contribution >= 0.6 is 0 Å². The van der Waals surface area contributed by atoms with Crippen molar-refractivity contribution in [2.24, 2.45) is 0 Å². The minimum absolute atomic E-state index is 0.166. The van der Waals surface area contributed by atoms with E-state index in [0.717, 1.165) is 0 Å². The summed E-state index contributed by atoms with van der Waals surface area (Å²) in [5.74, 6) is -0.376. The molecule has 0 bridgehead atoms. The molecule has 4 nitrogen and oxygen atoms in total. The van der Waals surface area contributed by atoms with Gasteiger partial charge in [0.25, 0.3) is 0 Å². The molecule has 0 saturated heterocycles. The highest BCUT2D eigenvalue weighted by atomic mass is 19.1. The second kappa shape index (κ2) is 3.37. The Kier molecular flexibility index (Phi) is 2.06. The Bertz CT molecular complexity index is 415. The maximum atomic E-state index is 12.8. The fraction of sp³-hybridized carbons (Fsp3) is 0. The SMILES string of the molecule is Nc1nccc(-c2ccnc(F)c2)n1. The summed E-state index contributed by atoms with van der Waals surface area (Å²) in [4.78, 5) is 11.1. The van der Waals surface area contributed by atoms with E-state index < -0.39 is 5.95 Å². The number of hydrogen-bond acceptors (Lipinski definition) is 4. The number of nitrogen functional groups attached to an aromatic ring is 1. The molecular formula is C9H7FN4. The number of hydrogen-bond donors (Lipinski definition) is 1. The van der Waals surface area contributed by atoms with Gasteiger partial charge in [0, 0.05) is 24.0 Å². The number of aromatic nitrogens is 3. The third-order valence-electron chi connectivity index (χ3n) is 1.70. The monoisotopic (exact) mass is 190 g/mol. The maximum absolute atomic E-state index is 12.8. The minimum atomic E-state index is -0.542. The Morgan fingerprint density at radius 3 is 2.64 bits per heavy atom. The zero-order valence-electron chi connectivity index (χ0n) is 7.18. The van der Waals surface area contributed by atoms with Crippen LogP contribution in [0, 0.1) is 5.95 Å². The predicted octanol–water partition coefficient (Wildman–Crippen LogP) is 1.26. The first-order valence-corrected chi connectivity index (χ1v) is 3.96. The van der Waals surface area contributed by atoms with E-state index in [0.29, 0.717) is 11.3 Å². The summed E-state index contributed by atoms with van der Waals surface area (Å²) in [7, 11) is 0. The number of halogens is 1. The highest BCUT2D eigenvalue weighted by molar-refractivity contribution is 5.58. The van der Waals surface area contributed by atoms with Crippen molar-refractivity contribution in [1.29, 1.82) is 0 Å². The first-order valence-electron chi connectivity index (χ1n) is 3.96. The van der Waals surface area contributed by atoms with E-state index in [1.165, 1.54) is 18.5 Å². The lowest BCUT2D eigenvalue weighted by molar-refractivity contribution is 0.584. The van der Waals surface area contributed by atoms with Crippen molar-refractivity contribution in [2.75, 3.05) is 5.73 Å². The lowest BCUT2D eigenvalue weighted by Gasteiger charge is -2.00. The molecule has 2 heterocycles. The number of pyridine rings is 1. The highest BCUT2D eigenvalue weighted by Crippen LogP contribution is 2.16. The fourth-order valence-corrected chi connectivity index (χ4v) is 1.10. The molecule has 70 valence electrons. The average Bonchev–Trinajstić information content (AvgIpc) is 2.18. The van der Waals surface area contributed by atoms with Gasteiger partial charge < -0.3 is 5.73 Å². The largest absolute Gasteiger partial charge is 0.368 e. The number of nitrogens with zero attached hydrogens (tertiary/aromatic N) is 3. The quantitative estimate of drug-likeness (QED) is 0.687. The van der Waals surface area contributed by atoms with E-state index in [1.54, 1.807) is 12.1 Å². The molecule has 0 aliphatic heterocycles. The van der Waals surface area contributed by atoms with Crippen LogP contribution in [-0.2, 0) is 0 Å². The molecule has 0 radical (unpaired) electrons. The van der Waals surface area contributed by atoms with Gasteiger partial charge in [-0.1, -0.05) is 0 Å². The maximum Gasteiger partial charge on any atom is 0.220 e. The summed E-state index contributed by atoms with van der Waals surface area (Å²) in [6.07, 6.45) is 2.90. The lowest BCUT2D eigenvalue weighted by atomic mass is 10.2. The Morgan fingerprint density at radius 1 is 1.14 bits per heavy atom. The van der Waals surface area contributed by atoms with Crippen molar-refractivity contribution in [3.63, 3.8) is 0 Å². The van der Waals surface area contributed by atoms with Crippen LogP contribution in [0.4, 0.5) is 10.3 Å². The van der Waals surface area contributed by atoms with Gasteiger partial charge in [0.05, 0.1) is 5.69 Å². The third-order valence-corrected chi connectivity index (χ3v) is 1.70.